The van der Waals surface area contributed by atoms with Crippen LogP contribution in [0.4, 0.5) is 5.69 Å². The van der Waals surface area contributed by atoms with Crippen LogP contribution in [0, 0.1) is 0 Å². The zero-order valence-corrected chi connectivity index (χ0v) is 22.1. The smallest absolute Gasteiger partial charge is 0.291 e. The molecule has 0 radical (unpaired) electrons. The number of pyridine rings is 1. The van der Waals surface area contributed by atoms with Gasteiger partial charge in [-0.2, -0.15) is 0 Å². The summed E-state index contributed by atoms with van der Waals surface area (Å²) in [4.78, 5) is 27.4. The average molecular weight is 542 g/mol. The standard InChI is InChI=1S/C30H28ClN5O3/c31-25-11-8-22(33-30(37)27-5-4-15-39-27)18-24(25)28-34-26-17-21(19-32-29(26)35-28)20-6-9-23(10-7-20)38-16-14-36-12-2-1-3-13-36/h4-11,15,17-19H,1-3,12-14,16H2,(H,33,37)(H,32,34,35). The maximum absolute atomic E-state index is 12.4. The minimum atomic E-state index is -0.345. The number of hydrogen-bond donors (Lipinski definition) is 2. The summed E-state index contributed by atoms with van der Waals surface area (Å²) in [5.74, 6) is 1.31. The Bertz CT molecular complexity index is 1570. The maximum atomic E-state index is 12.4. The van der Waals surface area contributed by atoms with Gasteiger partial charge in [-0.3, -0.25) is 9.69 Å². The summed E-state index contributed by atoms with van der Waals surface area (Å²) >= 11 is 6.49. The van der Waals surface area contributed by atoms with Crippen molar-refractivity contribution in [3.05, 3.63) is 83.9 Å². The summed E-state index contributed by atoms with van der Waals surface area (Å²) in [7, 11) is 0. The van der Waals surface area contributed by atoms with E-state index >= 15 is 0 Å². The third-order valence-electron chi connectivity index (χ3n) is 6.87. The van der Waals surface area contributed by atoms with Crippen LogP contribution < -0.4 is 10.1 Å². The molecule has 0 unspecified atom stereocenters. The number of nitrogens with zero attached hydrogens (tertiary/aromatic N) is 3. The molecule has 4 heterocycles. The van der Waals surface area contributed by atoms with Gasteiger partial charge in [-0.25, -0.2) is 9.97 Å². The van der Waals surface area contributed by atoms with Gasteiger partial charge in [0.15, 0.2) is 11.4 Å². The molecular weight excluding hydrogens is 514 g/mol. The quantitative estimate of drug-likeness (QED) is 0.228. The molecule has 6 rings (SSSR count). The predicted molar refractivity (Wildman–Crippen MR) is 152 cm³/mol. The molecule has 5 aromatic rings. The monoisotopic (exact) mass is 541 g/mol. The van der Waals surface area contributed by atoms with Crippen molar-refractivity contribution < 1.29 is 13.9 Å². The van der Waals surface area contributed by atoms with Gasteiger partial charge in [-0.05, 0) is 80.0 Å². The van der Waals surface area contributed by atoms with Crippen LogP contribution in [0.5, 0.6) is 5.75 Å². The number of amides is 1. The van der Waals surface area contributed by atoms with Crippen LogP contribution in [0.2, 0.25) is 5.02 Å². The number of piperidine rings is 1. The number of benzene rings is 2. The number of rotatable bonds is 8. The SMILES string of the molecule is O=C(Nc1ccc(Cl)c(-c2nc3ncc(-c4ccc(OCCN5CCCCC5)cc4)cc3[nH]2)c1)c1ccco1. The number of furan rings is 1. The first-order chi connectivity index (χ1) is 19.1. The molecule has 0 aliphatic carbocycles. The average Bonchev–Trinajstić information content (AvgIpc) is 3.65. The fourth-order valence-corrected chi connectivity index (χ4v) is 5.00. The van der Waals surface area contributed by atoms with E-state index in [1.807, 2.05) is 30.3 Å². The Morgan fingerprint density at radius 2 is 1.90 bits per heavy atom. The number of carbonyl (C=O) groups is 1. The van der Waals surface area contributed by atoms with Gasteiger partial charge in [0, 0.05) is 29.6 Å². The lowest BCUT2D eigenvalue weighted by Gasteiger charge is -2.26. The number of fused-ring (bicyclic) bond motifs is 1. The Morgan fingerprint density at radius 1 is 1.05 bits per heavy atom. The first-order valence-corrected chi connectivity index (χ1v) is 13.5. The summed E-state index contributed by atoms with van der Waals surface area (Å²) in [5, 5.41) is 3.32. The van der Waals surface area contributed by atoms with E-state index in [4.69, 9.17) is 20.8 Å². The first kappa shape index (κ1) is 25.2. The number of imidazole rings is 1. The third kappa shape index (κ3) is 5.82. The van der Waals surface area contributed by atoms with E-state index < -0.39 is 0 Å². The van der Waals surface area contributed by atoms with Gasteiger partial charge in [0.1, 0.15) is 18.2 Å². The van der Waals surface area contributed by atoms with Crippen LogP contribution in [0.3, 0.4) is 0 Å². The van der Waals surface area contributed by atoms with Crippen LogP contribution in [0.25, 0.3) is 33.7 Å². The van der Waals surface area contributed by atoms with Crippen molar-refractivity contribution in [1.29, 1.82) is 0 Å². The predicted octanol–water partition coefficient (Wildman–Crippen LogP) is 6.66. The topological polar surface area (TPSA) is 96.3 Å². The lowest BCUT2D eigenvalue weighted by atomic mass is 10.1. The van der Waals surface area contributed by atoms with Crippen LogP contribution >= 0.6 is 11.6 Å². The minimum absolute atomic E-state index is 0.226. The number of aromatic amines is 1. The Hall–Kier alpha value is -4.14. The number of H-pyrrole nitrogens is 1. The first-order valence-electron chi connectivity index (χ1n) is 13.1. The van der Waals surface area contributed by atoms with Gasteiger partial charge < -0.3 is 19.5 Å². The van der Waals surface area contributed by atoms with Crippen molar-refractivity contribution in [3.8, 4) is 28.3 Å². The van der Waals surface area contributed by atoms with Crippen molar-refractivity contribution in [2.24, 2.45) is 0 Å². The van der Waals surface area contributed by atoms with Crippen molar-refractivity contribution in [3.63, 3.8) is 0 Å². The largest absolute Gasteiger partial charge is 0.492 e. The van der Waals surface area contributed by atoms with Gasteiger partial charge in [-0.1, -0.05) is 30.2 Å². The van der Waals surface area contributed by atoms with Crippen LogP contribution in [0.15, 0.2) is 77.5 Å². The molecule has 0 atom stereocenters. The highest BCUT2D eigenvalue weighted by Crippen LogP contribution is 2.31. The fraction of sp³-hybridized carbons (Fsp3) is 0.233. The van der Waals surface area contributed by atoms with E-state index in [9.17, 15) is 4.79 Å². The number of ether oxygens (including phenoxy) is 1. The molecule has 3 aromatic heterocycles. The van der Waals surface area contributed by atoms with Gasteiger partial charge in [0.25, 0.3) is 5.91 Å². The molecule has 1 aliphatic heterocycles. The molecule has 39 heavy (non-hydrogen) atoms. The van der Waals surface area contributed by atoms with E-state index in [-0.39, 0.29) is 11.7 Å². The molecule has 0 saturated carbocycles. The van der Waals surface area contributed by atoms with E-state index in [1.165, 1.54) is 38.6 Å². The summed E-state index contributed by atoms with van der Waals surface area (Å²) in [5.41, 5.74) is 4.58. The molecule has 8 nitrogen and oxygen atoms in total. The molecule has 1 amide bonds. The molecule has 1 fully saturated rings. The highest BCUT2D eigenvalue weighted by Gasteiger charge is 2.15. The molecule has 9 heteroatoms. The van der Waals surface area contributed by atoms with Gasteiger partial charge in [0.05, 0.1) is 16.8 Å². The van der Waals surface area contributed by atoms with Crippen molar-refractivity contribution >= 4 is 34.4 Å². The Morgan fingerprint density at radius 3 is 2.69 bits per heavy atom. The molecule has 1 aliphatic rings. The zero-order chi connectivity index (χ0) is 26.6. The van der Waals surface area contributed by atoms with Crippen LogP contribution in [-0.2, 0) is 0 Å². The van der Waals surface area contributed by atoms with E-state index in [2.05, 4.69) is 25.2 Å². The second-order valence-electron chi connectivity index (χ2n) is 9.58. The van der Waals surface area contributed by atoms with Crippen molar-refractivity contribution in [2.45, 2.75) is 19.3 Å². The summed E-state index contributed by atoms with van der Waals surface area (Å²) in [6.45, 7) is 4.01. The van der Waals surface area contributed by atoms with Gasteiger partial charge in [-0.15, -0.1) is 0 Å². The molecule has 1 saturated heterocycles. The Balaban J connectivity index is 1.16. The highest BCUT2D eigenvalue weighted by atomic mass is 35.5. The number of carbonyl (C=O) groups excluding carboxylic acids is 1. The minimum Gasteiger partial charge on any atom is -0.492 e. The normalized spacial score (nSPS) is 14.0. The maximum Gasteiger partial charge on any atom is 0.291 e. The number of likely N-dealkylation sites (tertiary alicyclic amines) is 1. The molecule has 198 valence electrons. The fourth-order valence-electron chi connectivity index (χ4n) is 4.79. The van der Waals surface area contributed by atoms with Gasteiger partial charge in [0.2, 0.25) is 0 Å². The Labute approximate surface area is 231 Å². The molecule has 0 spiro atoms. The number of aromatic nitrogens is 3. The second-order valence-corrected chi connectivity index (χ2v) is 9.99. The molecule has 2 aromatic carbocycles. The highest BCUT2D eigenvalue weighted by molar-refractivity contribution is 6.33. The Kier molecular flexibility index (Phi) is 7.29. The molecule has 2 N–H and O–H groups in total. The number of hydrogen-bond acceptors (Lipinski definition) is 6. The van der Waals surface area contributed by atoms with Crippen LogP contribution in [-0.4, -0.2) is 52.0 Å². The van der Waals surface area contributed by atoms with Crippen molar-refractivity contribution in [2.75, 3.05) is 31.6 Å². The number of anilines is 1. The molecular formula is C30H28ClN5O3. The summed E-state index contributed by atoms with van der Waals surface area (Å²) in [6, 6.07) is 18.6. The number of nitrogens with one attached hydrogen (secondary N) is 2. The second kappa shape index (κ2) is 11.3. The number of halogens is 1. The lowest BCUT2D eigenvalue weighted by Crippen LogP contribution is -2.33. The van der Waals surface area contributed by atoms with E-state index in [1.54, 1.807) is 36.5 Å². The summed E-state index contributed by atoms with van der Waals surface area (Å²) < 4.78 is 11.1. The van der Waals surface area contributed by atoms with E-state index in [0.717, 1.165) is 28.9 Å². The van der Waals surface area contributed by atoms with E-state index in [0.29, 0.717) is 34.4 Å². The van der Waals surface area contributed by atoms with Gasteiger partial charge >= 0.3 is 0 Å². The third-order valence-corrected chi connectivity index (χ3v) is 7.20. The zero-order valence-electron chi connectivity index (χ0n) is 21.3. The van der Waals surface area contributed by atoms with Crippen molar-refractivity contribution in [1.82, 2.24) is 19.9 Å². The summed E-state index contributed by atoms with van der Waals surface area (Å²) in [6.07, 6.45) is 7.18. The van der Waals surface area contributed by atoms with Crippen LogP contribution in [0.1, 0.15) is 29.8 Å². The lowest BCUT2D eigenvalue weighted by molar-refractivity contribution is 0.0996. The molecule has 0 bridgehead atoms.